The number of aromatic nitrogens is 3. The number of thiazole rings is 1. The van der Waals surface area contributed by atoms with Crippen LogP contribution in [0.3, 0.4) is 0 Å². The Hall–Kier alpha value is -4.30. The summed E-state index contributed by atoms with van der Waals surface area (Å²) in [6, 6.07) is 24.3. The predicted octanol–water partition coefficient (Wildman–Crippen LogP) is 3.31. The van der Waals surface area contributed by atoms with Gasteiger partial charge in [-0.25, -0.2) is 0 Å². The third-order valence-electron chi connectivity index (χ3n) is 5.16. The smallest absolute Gasteiger partial charge is 0.300 e. The van der Waals surface area contributed by atoms with E-state index in [-0.39, 0.29) is 16.2 Å². The van der Waals surface area contributed by atoms with Gasteiger partial charge in [0.1, 0.15) is 6.61 Å². The number of hydrogen-bond donors (Lipinski definition) is 0. The Bertz CT molecular complexity index is 1630. The minimum absolute atomic E-state index is 0.140. The fraction of sp³-hybridized carbons (Fsp3) is 0.0769. The van der Waals surface area contributed by atoms with Crippen LogP contribution in [0, 0.1) is 0 Å². The lowest BCUT2D eigenvalue weighted by molar-refractivity contribution is 0.284. The number of benzene rings is 3. The van der Waals surface area contributed by atoms with Crippen LogP contribution in [0.15, 0.2) is 88.5 Å². The van der Waals surface area contributed by atoms with E-state index in [1.807, 2.05) is 42.5 Å². The van der Waals surface area contributed by atoms with Gasteiger partial charge in [0.2, 0.25) is 4.96 Å². The van der Waals surface area contributed by atoms with Crippen molar-refractivity contribution in [1.29, 1.82) is 0 Å². The van der Waals surface area contributed by atoms with Crippen molar-refractivity contribution in [3.63, 3.8) is 0 Å². The Morgan fingerprint density at radius 2 is 1.68 bits per heavy atom. The van der Waals surface area contributed by atoms with Crippen LogP contribution in [0.2, 0.25) is 0 Å². The number of hydrogen-bond acceptors (Lipinski definition) is 7. The Labute approximate surface area is 198 Å². The highest BCUT2D eigenvalue weighted by molar-refractivity contribution is 7.15. The molecule has 5 aromatic rings. The summed E-state index contributed by atoms with van der Waals surface area (Å²) in [6.45, 7) is 0.413. The number of methoxy groups -OCH3 is 1. The average molecular weight is 470 g/mol. The van der Waals surface area contributed by atoms with Gasteiger partial charge in [-0.3, -0.25) is 9.59 Å². The van der Waals surface area contributed by atoms with Crippen LogP contribution in [-0.4, -0.2) is 21.7 Å². The molecule has 168 valence electrons. The highest BCUT2D eigenvalue weighted by Crippen LogP contribution is 2.29. The summed E-state index contributed by atoms with van der Waals surface area (Å²) in [6.07, 6.45) is 1.72. The quantitative estimate of drug-likeness (QED) is 0.380. The number of ether oxygens (including phenoxy) is 2. The number of nitrogens with zero attached hydrogens (tertiary/aromatic N) is 3. The molecule has 0 aliphatic carbocycles. The molecule has 5 rings (SSSR count). The first-order valence-corrected chi connectivity index (χ1v) is 11.3. The highest BCUT2D eigenvalue weighted by Gasteiger charge is 2.13. The second-order valence-corrected chi connectivity index (χ2v) is 8.44. The molecule has 3 aromatic carbocycles. The lowest BCUT2D eigenvalue weighted by atomic mass is 10.2. The van der Waals surface area contributed by atoms with Gasteiger partial charge in [0.05, 0.1) is 11.6 Å². The third-order valence-corrected chi connectivity index (χ3v) is 6.11. The predicted molar refractivity (Wildman–Crippen MR) is 131 cm³/mol. The van der Waals surface area contributed by atoms with E-state index in [9.17, 15) is 9.59 Å². The SMILES string of the molecule is COc1cc(/C=c2\sc3nc(=O)c(-c4ccccc4)nn3c2=O)ccc1OCc1ccccc1. The van der Waals surface area contributed by atoms with Crippen molar-refractivity contribution in [2.45, 2.75) is 6.61 Å². The Morgan fingerprint density at radius 3 is 2.41 bits per heavy atom. The highest BCUT2D eigenvalue weighted by atomic mass is 32.1. The van der Waals surface area contributed by atoms with Crippen LogP contribution >= 0.6 is 11.3 Å². The van der Waals surface area contributed by atoms with E-state index in [0.717, 1.165) is 22.5 Å². The molecule has 0 amide bonds. The van der Waals surface area contributed by atoms with Gasteiger partial charge >= 0.3 is 5.56 Å². The minimum Gasteiger partial charge on any atom is -0.493 e. The summed E-state index contributed by atoms with van der Waals surface area (Å²) in [4.78, 5) is 29.8. The van der Waals surface area contributed by atoms with Crippen molar-refractivity contribution in [2.24, 2.45) is 0 Å². The van der Waals surface area contributed by atoms with Crippen molar-refractivity contribution in [1.82, 2.24) is 14.6 Å². The number of rotatable bonds is 6. The molecule has 34 heavy (non-hydrogen) atoms. The van der Waals surface area contributed by atoms with Gasteiger partial charge in [-0.1, -0.05) is 78.1 Å². The summed E-state index contributed by atoms with van der Waals surface area (Å²) in [7, 11) is 1.57. The molecular formula is C26H19N3O4S. The minimum atomic E-state index is -0.472. The molecule has 0 aliphatic rings. The maximum atomic E-state index is 13.0. The standard InChI is InChI=1S/C26H19N3O4S/c1-32-21-14-18(12-13-20(21)33-16-17-8-4-2-5-9-17)15-22-25(31)29-26(34-22)27-24(30)23(28-29)19-10-6-3-7-11-19/h2-15H,16H2,1H3/b22-15-. The first-order chi connectivity index (χ1) is 16.6. The topological polar surface area (TPSA) is 82.8 Å². The van der Waals surface area contributed by atoms with E-state index < -0.39 is 5.56 Å². The molecule has 0 saturated heterocycles. The van der Waals surface area contributed by atoms with Gasteiger partial charge < -0.3 is 9.47 Å². The molecular weight excluding hydrogens is 450 g/mol. The second kappa shape index (κ2) is 9.29. The monoisotopic (exact) mass is 469 g/mol. The van der Waals surface area contributed by atoms with Crippen LogP contribution in [0.5, 0.6) is 11.5 Å². The zero-order valence-electron chi connectivity index (χ0n) is 18.2. The van der Waals surface area contributed by atoms with Crippen LogP contribution < -0.4 is 25.1 Å². The molecule has 2 heterocycles. The molecule has 0 aliphatic heterocycles. The second-order valence-electron chi connectivity index (χ2n) is 7.43. The maximum absolute atomic E-state index is 13.0. The Balaban J connectivity index is 1.49. The van der Waals surface area contributed by atoms with Gasteiger partial charge in [0.15, 0.2) is 17.2 Å². The Kier molecular flexibility index (Phi) is 5.88. The lowest BCUT2D eigenvalue weighted by Crippen LogP contribution is -2.26. The molecule has 0 saturated carbocycles. The van der Waals surface area contributed by atoms with Gasteiger partial charge in [-0.15, -0.1) is 0 Å². The van der Waals surface area contributed by atoms with Gasteiger partial charge in [0.25, 0.3) is 5.56 Å². The summed E-state index contributed by atoms with van der Waals surface area (Å²) in [5.74, 6) is 1.15. The van der Waals surface area contributed by atoms with E-state index in [2.05, 4.69) is 10.1 Å². The molecule has 2 aromatic heterocycles. The molecule has 0 bridgehead atoms. The first kappa shape index (κ1) is 21.5. The van der Waals surface area contributed by atoms with E-state index in [4.69, 9.17) is 9.47 Å². The van der Waals surface area contributed by atoms with E-state index >= 15 is 0 Å². The molecule has 0 unspecified atom stereocenters. The molecule has 7 nitrogen and oxygen atoms in total. The number of fused-ring (bicyclic) bond motifs is 1. The Morgan fingerprint density at radius 1 is 0.941 bits per heavy atom. The van der Waals surface area contributed by atoms with Gasteiger partial charge in [0, 0.05) is 5.56 Å². The van der Waals surface area contributed by atoms with Gasteiger partial charge in [-0.05, 0) is 29.3 Å². The first-order valence-electron chi connectivity index (χ1n) is 10.5. The van der Waals surface area contributed by atoms with Crippen LogP contribution in [0.25, 0.3) is 22.3 Å². The summed E-state index contributed by atoms with van der Waals surface area (Å²) < 4.78 is 13.0. The summed E-state index contributed by atoms with van der Waals surface area (Å²) >= 11 is 1.11. The van der Waals surface area contributed by atoms with Crippen molar-refractivity contribution in [3.05, 3.63) is 115 Å². The molecule has 0 atom stereocenters. The zero-order chi connectivity index (χ0) is 23.5. The molecule has 0 N–H and O–H groups in total. The third kappa shape index (κ3) is 4.31. The van der Waals surface area contributed by atoms with Crippen molar-refractivity contribution >= 4 is 22.4 Å². The maximum Gasteiger partial charge on any atom is 0.300 e. The summed E-state index contributed by atoms with van der Waals surface area (Å²) in [5.41, 5.74) is 1.74. The average Bonchev–Trinajstić information content (AvgIpc) is 3.17. The zero-order valence-corrected chi connectivity index (χ0v) is 19.0. The van der Waals surface area contributed by atoms with Crippen LogP contribution in [0.1, 0.15) is 11.1 Å². The fourth-order valence-corrected chi connectivity index (χ4v) is 4.37. The largest absolute Gasteiger partial charge is 0.493 e. The lowest BCUT2D eigenvalue weighted by Gasteiger charge is -2.11. The molecule has 0 spiro atoms. The van der Waals surface area contributed by atoms with Gasteiger partial charge in [-0.2, -0.15) is 14.6 Å². The van der Waals surface area contributed by atoms with E-state index in [1.165, 1.54) is 4.52 Å². The van der Waals surface area contributed by atoms with E-state index in [1.54, 1.807) is 49.6 Å². The molecule has 0 radical (unpaired) electrons. The fourth-order valence-electron chi connectivity index (χ4n) is 3.47. The van der Waals surface area contributed by atoms with Crippen molar-refractivity contribution < 1.29 is 9.47 Å². The summed E-state index contributed by atoms with van der Waals surface area (Å²) in [5, 5.41) is 4.28. The normalized spacial score (nSPS) is 11.6. The van der Waals surface area contributed by atoms with Crippen molar-refractivity contribution in [2.75, 3.05) is 7.11 Å². The van der Waals surface area contributed by atoms with Crippen LogP contribution in [0.4, 0.5) is 0 Å². The molecule has 8 heteroatoms. The van der Waals surface area contributed by atoms with E-state index in [0.29, 0.717) is 28.2 Å². The van der Waals surface area contributed by atoms with Crippen molar-refractivity contribution in [3.8, 4) is 22.8 Å². The molecule has 0 fully saturated rings. The van der Waals surface area contributed by atoms with Crippen LogP contribution in [-0.2, 0) is 6.61 Å².